The molecule has 0 spiro atoms. The molecule has 1 aliphatic heterocycles. The van der Waals surface area contributed by atoms with Gasteiger partial charge in [0.15, 0.2) is 0 Å². The fourth-order valence-electron chi connectivity index (χ4n) is 3.14. The number of anilines is 1. The molecule has 1 aromatic carbocycles. The zero-order valence-electron chi connectivity index (χ0n) is 15.1. The third-order valence-corrected chi connectivity index (χ3v) is 4.79. The first-order chi connectivity index (χ1) is 13.0. The van der Waals surface area contributed by atoms with Gasteiger partial charge in [0.25, 0.3) is 0 Å². The number of nitrogens with one attached hydrogen (secondary N) is 1. The first kappa shape index (κ1) is 19.1. The third-order valence-electron chi connectivity index (χ3n) is 4.53. The lowest BCUT2D eigenvalue weighted by Crippen LogP contribution is -2.49. The van der Waals surface area contributed by atoms with Crippen LogP contribution in [0.5, 0.6) is 0 Å². The molecule has 0 aliphatic carbocycles. The van der Waals surface area contributed by atoms with Crippen molar-refractivity contribution >= 4 is 29.2 Å². The molecule has 0 radical (unpaired) electrons. The Morgan fingerprint density at radius 3 is 2.44 bits per heavy atom. The van der Waals surface area contributed by atoms with Crippen LogP contribution in [-0.2, 0) is 9.59 Å². The van der Waals surface area contributed by atoms with Gasteiger partial charge in [-0.2, -0.15) is 0 Å². The highest BCUT2D eigenvalue weighted by molar-refractivity contribution is 6.30. The van der Waals surface area contributed by atoms with Gasteiger partial charge in [0, 0.05) is 50.5 Å². The minimum absolute atomic E-state index is 0.0162. The van der Waals surface area contributed by atoms with E-state index < -0.39 is 0 Å². The Kier molecular flexibility index (Phi) is 6.24. The fourth-order valence-corrected chi connectivity index (χ4v) is 3.26. The first-order valence-corrected chi connectivity index (χ1v) is 9.22. The van der Waals surface area contributed by atoms with Crippen LogP contribution in [0.3, 0.4) is 0 Å². The van der Waals surface area contributed by atoms with Gasteiger partial charge in [-0.1, -0.05) is 23.7 Å². The zero-order chi connectivity index (χ0) is 19.2. The van der Waals surface area contributed by atoms with Crippen molar-refractivity contribution < 1.29 is 9.59 Å². The summed E-state index contributed by atoms with van der Waals surface area (Å²) in [6.07, 6.45) is 5.25. The largest absolute Gasteiger partial charge is 0.352 e. The van der Waals surface area contributed by atoms with E-state index in [1.165, 1.54) is 6.92 Å². The molecule has 1 N–H and O–H groups in total. The number of rotatable bonds is 5. The molecular weight excluding hydrogens is 366 g/mol. The molecule has 1 aliphatic rings. The van der Waals surface area contributed by atoms with Crippen molar-refractivity contribution in [2.24, 2.45) is 0 Å². The number of piperazine rings is 1. The number of hydrogen-bond acceptors (Lipinski definition) is 5. The molecule has 1 fully saturated rings. The molecule has 0 bridgehead atoms. The van der Waals surface area contributed by atoms with E-state index in [9.17, 15) is 9.59 Å². The van der Waals surface area contributed by atoms with Crippen LogP contribution in [0.15, 0.2) is 42.9 Å². The molecule has 2 aromatic rings. The molecule has 1 aromatic heterocycles. The molecule has 27 heavy (non-hydrogen) atoms. The van der Waals surface area contributed by atoms with E-state index in [-0.39, 0.29) is 24.3 Å². The summed E-state index contributed by atoms with van der Waals surface area (Å²) >= 11 is 5.94. The summed E-state index contributed by atoms with van der Waals surface area (Å²) in [7, 11) is 0. The maximum atomic E-state index is 12.8. The van der Waals surface area contributed by atoms with Crippen LogP contribution in [-0.4, -0.2) is 52.9 Å². The van der Waals surface area contributed by atoms with E-state index in [1.54, 1.807) is 30.7 Å². The van der Waals surface area contributed by atoms with Crippen LogP contribution in [0.25, 0.3) is 0 Å². The average Bonchev–Trinajstić information content (AvgIpc) is 2.68. The molecule has 0 unspecified atom stereocenters. The number of halogens is 1. The molecule has 0 saturated carbocycles. The van der Waals surface area contributed by atoms with Crippen molar-refractivity contribution in [1.82, 2.24) is 20.2 Å². The van der Waals surface area contributed by atoms with Crippen LogP contribution < -0.4 is 10.2 Å². The molecule has 2 heterocycles. The zero-order valence-corrected chi connectivity index (χ0v) is 15.9. The highest BCUT2D eigenvalue weighted by Crippen LogP contribution is 2.21. The van der Waals surface area contributed by atoms with E-state index in [2.05, 4.69) is 20.2 Å². The van der Waals surface area contributed by atoms with E-state index >= 15 is 0 Å². The monoisotopic (exact) mass is 387 g/mol. The smallest absolute Gasteiger partial charge is 0.225 e. The topological polar surface area (TPSA) is 78.4 Å². The lowest BCUT2D eigenvalue weighted by Gasteiger charge is -2.36. The van der Waals surface area contributed by atoms with E-state index in [1.807, 2.05) is 17.0 Å². The maximum absolute atomic E-state index is 12.8. The minimum Gasteiger partial charge on any atom is -0.352 e. The van der Waals surface area contributed by atoms with Gasteiger partial charge in [0.05, 0.1) is 18.7 Å². The Bertz CT molecular complexity index is 776. The Balaban J connectivity index is 1.61. The normalized spacial score (nSPS) is 15.3. The highest BCUT2D eigenvalue weighted by atomic mass is 35.5. The number of carbonyl (C=O) groups excluding carboxylic acids is 2. The molecular formula is C19H22ClN5O2. The number of hydrogen-bond donors (Lipinski definition) is 1. The summed E-state index contributed by atoms with van der Waals surface area (Å²) in [4.78, 5) is 36.7. The number of nitrogens with zero attached hydrogens (tertiary/aromatic N) is 4. The lowest BCUT2D eigenvalue weighted by molar-refractivity contribution is -0.132. The van der Waals surface area contributed by atoms with Crippen molar-refractivity contribution in [2.45, 2.75) is 19.4 Å². The standard InChI is InChI=1S/C19H22ClN5O2/c1-14(26)23-17(15-2-4-16(20)5-3-15)12-19(27)25-10-8-24(9-11-25)18-13-21-6-7-22-18/h2-7,13,17H,8-12H2,1H3,(H,23,26)/t17-/m1/s1. The molecule has 8 heteroatoms. The summed E-state index contributed by atoms with van der Waals surface area (Å²) in [6, 6.07) is 6.82. The Hall–Kier alpha value is -2.67. The van der Waals surface area contributed by atoms with Gasteiger partial charge in [0.2, 0.25) is 11.8 Å². The van der Waals surface area contributed by atoms with Gasteiger partial charge in [-0.15, -0.1) is 0 Å². The van der Waals surface area contributed by atoms with Crippen LogP contribution in [0.2, 0.25) is 5.02 Å². The van der Waals surface area contributed by atoms with Crippen molar-refractivity contribution in [2.75, 3.05) is 31.1 Å². The van der Waals surface area contributed by atoms with Crippen molar-refractivity contribution in [3.8, 4) is 0 Å². The van der Waals surface area contributed by atoms with Gasteiger partial charge in [0.1, 0.15) is 5.82 Å². The number of aromatic nitrogens is 2. The van der Waals surface area contributed by atoms with Gasteiger partial charge in [-0.05, 0) is 17.7 Å². The Morgan fingerprint density at radius 2 is 1.85 bits per heavy atom. The van der Waals surface area contributed by atoms with Crippen molar-refractivity contribution in [3.05, 3.63) is 53.4 Å². The predicted molar refractivity (Wildman–Crippen MR) is 103 cm³/mol. The maximum Gasteiger partial charge on any atom is 0.225 e. The second kappa shape index (κ2) is 8.81. The van der Waals surface area contributed by atoms with Crippen LogP contribution in [0, 0.1) is 0 Å². The molecule has 7 nitrogen and oxygen atoms in total. The van der Waals surface area contributed by atoms with Crippen LogP contribution in [0.4, 0.5) is 5.82 Å². The number of benzene rings is 1. The van der Waals surface area contributed by atoms with E-state index in [4.69, 9.17) is 11.6 Å². The predicted octanol–water partition coefficient (Wildman–Crippen LogP) is 2.05. The SMILES string of the molecule is CC(=O)N[C@H](CC(=O)N1CCN(c2cnccn2)CC1)c1ccc(Cl)cc1. The van der Waals surface area contributed by atoms with Crippen LogP contribution in [0.1, 0.15) is 24.9 Å². The summed E-state index contributed by atoms with van der Waals surface area (Å²) in [5, 5.41) is 3.48. The summed E-state index contributed by atoms with van der Waals surface area (Å²) in [5.41, 5.74) is 0.862. The van der Waals surface area contributed by atoms with Crippen LogP contribution >= 0.6 is 11.6 Å². The lowest BCUT2D eigenvalue weighted by atomic mass is 10.0. The summed E-state index contributed by atoms with van der Waals surface area (Å²) in [5.74, 6) is 0.666. The first-order valence-electron chi connectivity index (χ1n) is 8.84. The second-order valence-electron chi connectivity index (χ2n) is 6.44. The highest BCUT2D eigenvalue weighted by Gasteiger charge is 2.25. The second-order valence-corrected chi connectivity index (χ2v) is 6.88. The minimum atomic E-state index is -0.370. The molecule has 2 amide bonds. The van der Waals surface area contributed by atoms with Crippen molar-refractivity contribution in [3.63, 3.8) is 0 Å². The summed E-state index contributed by atoms with van der Waals surface area (Å²) < 4.78 is 0. The third kappa shape index (κ3) is 5.17. The average molecular weight is 388 g/mol. The molecule has 1 atom stereocenters. The van der Waals surface area contributed by atoms with E-state index in [0.717, 1.165) is 11.4 Å². The van der Waals surface area contributed by atoms with Gasteiger partial charge in [-0.25, -0.2) is 4.98 Å². The Labute approximate surface area is 163 Å². The molecule has 1 saturated heterocycles. The van der Waals surface area contributed by atoms with Gasteiger partial charge in [-0.3, -0.25) is 14.6 Å². The molecule has 3 rings (SSSR count). The van der Waals surface area contributed by atoms with Crippen molar-refractivity contribution in [1.29, 1.82) is 0 Å². The van der Waals surface area contributed by atoms with Gasteiger partial charge >= 0.3 is 0 Å². The number of amides is 2. The summed E-state index contributed by atoms with van der Waals surface area (Å²) in [6.45, 7) is 4.09. The number of carbonyl (C=O) groups is 2. The fraction of sp³-hybridized carbons (Fsp3) is 0.368. The molecule has 142 valence electrons. The quantitative estimate of drug-likeness (QED) is 0.849. The van der Waals surface area contributed by atoms with E-state index in [0.29, 0.717) is 31.2 Å². The van der Waals surface area contributed by atoms with Gasteiger partial charge < -0.3 is 15.1 Å². The Morgan fingerprint density at radius 1 is 1.15 bits per heavy atom.